The van der Waals surface area contributed by atoms with Gasteiger partial charge >= 0.3 is 0 Å². The molecule has 4 heteroatoms. The number of rotatable bonds is 12. The molecule has 0 atom stereocenters. The molecule has 410 valence electrons. The third kappa shape index (κ3) is 9.57. The van der Waals surface area contributed by atoms with Crippen molar-refractivity contribution in [2.24, 2.45) is 0 Å². The van der Waals surface area contributed by atoms with Gasteiger partial charge in [-0.1, -0.05) is 204 Å². The lowest BCUT2D eigenvalue weighted by atomic mass is 9.97. The van der Waals surface area contributed by atoms with Crippen molar-refractivity contribution in [3.8, 4) is 56.1 Å². The van der Waals surface area contributed by atoms with Crippen molar-refractivity contribution in [3.63, 3.8) is 0 Å². The van der Waals surface area contributed by atoms with E-state index in [1.165, 1.54) is 66.1 Å². The van der Waals surface area contributed by atoms with Gasteiger partial charge in [0, 0.05) is 56.3 Å². The molecule has 0 amide bonds. The number of aromatic nitrogens is 2. The lowest BCUT2D eigenvalue weighted by Crippen LogP contribution is -2.10. The Bertz CT molecular complexity index is 4530. The second-order valence-electron chi connectivity index (χ2n) is 23.0. The molecule has 2 aromatic heterocycles. The number of hydrogen-bond acceptors (Lipinski definition) is 2. The third-order valence-electron chi connectivity index (χ3n) is 17.2. The Morgan fingerprint density at radius 2 is 0.512 bits per heavy atom. The molecule has 2 heterocycles. The maximum absolute atomic E-state index is 2.46. The maximum atomic E-state index is 2.46. The van der Waals surface area contributed by atoms with Crippen LogP contribution >= 0.6 is 0 Å². The molecule has 15 rings (SSSR count). The van der Waals surface area contributed by atoms with Crippen LogP contribution in [0.5, 0.6) is 0 Å². The summed E-state index contributed by atoms with van der Waals surface area (Å²) in [6, 6.07) is 112. The van der Waals surface area contributed by atoms with E-state index < -0.39 is 0 Å². The highest BCUT2D eigenvalue weighted by Gasteiger charge is 2.22. The van der Waals surface area contributed by atoms with E-state index in [1.54, 1.807) is 0 Å². The largest absolute Gasteiger partial charge is 0.311 e. The molecule has 86 heavy (non-hydrogen) atoms. The summed E-state index contributed by atoms with van der Waals surface area (Å²) >= 11 is 0. The van der Waals surface area contributed by atoms with E-state index in [0.29, 0.717) is 0 Å². The summed E-state index contributed by atoms with van der Waals surface area (Å²) in [5.74, 6) is 0. The van der Waals surface area contributed by atoms with Gasteiger partial charge in [-0.05, 0) is 204 Å². The molecular formula is C82H62N4. The Hall–Kier alpha value is -10.9. The molecule has 0 saturated heterocycles. The minimum Gasteiger partial charge on any atom is -0.311 e. The summed E-state index contributed by atoms with van der Waals surface area (Å²) in [5.41, 5.74) is 25.3. The van der Waals surface area contributed by atoms with Gasteiger partial charge in [0.15, 0.2) is 0 Å². The molecule has 0 aliphatic carbocycles. The fourth-order valence-electron chi connectivity index (χ4n) is 12.7. The summed E-state index contributed by atoms with van der Waals surface area (Å²) in [7, 11) is 0. The zero-order valence-corrected chi connectivity index (χ0v) is 48.7. The van der Waals surface area contributed by atoms with Crippen molar-refractivity contribution in [2.75, 3.05) is 9.80 Å². The van der Waals surface area contributed by atoms with Gasteiger partial charge in [0.2, 0.25) is 0 Å². The van der Waals surface area contributed by atoms with Gasteiger partial charge in [0.25, 0.3) is 0 Å². The molecule has 0 unspecified atom stereocenters. The number of aryl methyl sites for hydroxylation is 4. The molecule has 13 aromatic carbocycles. The van der Waals surface area contributed by atoms with Gasteiger partial charge in [-0.25, -0.2) is 0 Å². The van der Waals surface area contributed by atoms with Crippen LogP contribution in [0.25, 0.3) is 99.5 Å². The molecule has 0 aliphatic rings. The van der Waals surface area contributed by atoms with Crippen LogP contribution in [0.2, 0.25) is 0 Å². The van der Waals surface area contributed by atoms with Crippen LogP contribution in [0.3, 0.4) is 0 Å². The lowest BCUT2D eigenvalue weighted by molar-refractivity contribution is 1.13. The van der Waals surface area contributed by atoms with E-state index in [1.807, 2.05) is 0 Å². The third-order valence-corrected chi connectivity index (χ3v) is 17.2. The minimum absolute atomic E-state index is 1.08. The van der Waals surface area contributed by atoms with E-state index in [4.69, 9.17) is 0 Å². The van der Waals surface area contributed by atoms with Crippen molar-refractivity contribution < 1.29 is 0 Å². The van der Waals surface area contributed by atoms with E-state index in [9.17, 15) is 0 Å². The van der Waals surface area contributed by atoms with Crippen LogP contribution < -0.4 is 9.80 Å². The smallest absolute Gasteiger partial charge is 0.0542 e. The summed E-state index contributed by atoms with van der Waals surface area (Å²) in [5, 5.41) is 7.27. The van der Waals surface area contributed by atoms with E-state index in [-0.39, 0.29) is 0 Å². The van der Waals surface area contributed by atoms with Gasteiger partial charge in [-0.2, -0.15) is 0 Å². The van der Waals surface area contributed by atoms with Crippen LogP contribution in [-0.2, 0) is 0 Å². The van der Waals surface area contributed by atoms with Crippen molar-refractivity contribution >= 4 is 77.5 Å². The maximum Gasteiger partial charge on any atom is 0.0542 e. The molecule has 4 nitrogen and oxygen atoms in total. The van der Waals surface area contributed by atoms with E-state index in [0.717, 1.165) is 89.8 Å². The molecule has 0 fully saturated rings. The molecule has 15 aromatic rings. The van der Waals surface area contributed by atoms with Gasteiger partial charge in [-0.15, -0.1) is 0 Å². The van der Waals surface area contributed by atoms with Crippen molar-refractivity contribution in [1.29, 1.82) is 0 Å². The van der Waals surface area contributed by atoms with Crippen molar-refractivity contribution in [2.45, 2.75) is 27.7 Å². The molecule has 0 N–H and O–H groups in total. The van der Waals surface area contributed by atoms with Gasteiger partial charge in [-0.3, -0.25) is 0 Å². The van der Waals surface area contributed by atoms with Gasteiger partial charge in [0.05, 0.1) is 22.4 Å². The van der Waals surface area contributed by atoms with Crippen molar-refractivity contribution in [1.82, 2.24) is 9.13 Å². The van der Waals surface area contributed by atoms with E-state index in [2.05, 4.69) is 350 Å². The normalized spacial score (nSPS) is 11.5. The summed E-state index contributed by atoms with van der Waals surface area (Å²) in [6.45, 7) is 8.57. The average molecular weight is 1100 g/mol. The number of fused-ring (bicyclic) bond motifs is 4. The zero-order chi connectivity index (χ0) is 57.8. The topological polar surface area (TPSA) is 16.3 Å². The molecule has 0 bridgehead atoms. The first-order valence-corrected chi connectivity index (χ1v) is 29.7. The molecule has 0 saturated carbocycles. The van der Waals surface area contributed by atoms with Crippen LogP contribution in [0, 0.1) is 27.7 Å². The SMILES string of the molecule is Cc1ccc(N(c2ccc(C)cc2)c2ccc(-n3c(-c4ccc(-c5cccc6ccccc56)cc4)cc4cc5c(cc(-c6ccc(-c7cccc8ccccc78)cc6)n5-c5ccc(N(c6ccc(C)cc6)c6ccc(C)cc6)cc5)cc43)cc2)cc1. The second-order valence-corrected chi connectivity index (χ2v) is 23.0. The molecule has 0 radical (unpaired) electrons. The number of nitrogens with zero attached hydrogens (tertiary/aromatic N) is 4. The number of benzene rings is 13. The van der Waals surface area contributed by atoms with Gasteiger partial charge < -0.3 is 18.9 Å². The highest BCUT2D eigenvalue weighted by molar-refractivity contribution is 6.04. The Morgan fingerprint density at radius 1 is 0.233 bits per heavy atom. The summed E-state index contributed by atoms with van der Waals surface area (Å²) in [4.78, 5) is 4.70. The molecule has 0 aliphatic heterocycles. The highest BCUT2D eigenvalue weighted by atomic mass is 15.1. The second kappa shape index (κ2) is 21.7. The van der Waals surface area contributed by atoms with Gasteiger partial charge in [0.1, 0.15) is 0 Å². The quantitative estimate of drug-likeness (QED) is 0.121. The predicted molar refractivity (Wildman–Crippen MR) is 365 cm³/mol. The zero-order valence-electron chi connectivity index (χ0n) is 48.7. The first-order chi connectivity index (χ1) is 42.2. The Morgan fingerprint density at radius 3 is 0.837 bits per heavy atom. The fraction of sp³-hybridized carbons (Fsp3) is 0.0488. The highest BCUT2D eigenvalue weighted by Crippen LogP contribution is 2.43. The lowest BCUT2D eigenvalue weighted by Gasteiger charge is -2.26. The standard InChI is InChI=1S/C82H62N4/c1-55-19-35-67(36-20-55)83(68-37-21-56(2)22-38-68)71-43-47-73(48-44-71)85-79(63-31-27-61(28-32-63)77-17-9-13-59-11-5-7-15-75(59)77)51-65-54-82-66(53-81(65)85)52-80(64-33-29-62(30-34-64)78-18-10-14-60-12-6-8-16-76(60)78)86(82)74-49-45-72(46-50-74)84(69-39-23-57(3)24-40-69)70-41-25-58(4)26-42-70/h5-54H,1-4H3. The first kappa shape index (κ1) is 51.9. The van der Waals surface area contributed by atoms with Crippen LogP contribution in [0.1, 0.15) is 22.3 Å². The molecular weight excluding hydrogens is 1040 g/mol. The Kier molecular flexibility index (Phi) is 13.1. The Balaban J connectivity index is 0.907. The monoisotopic (exact) mass is 1100 g/mol. The number of anilines is 6. The number of hydrogen-bond donors (Lipinski definition) is 0. The van der Waals surface area contributed by atoms with E-state index >= 15 is 0 Å². The van der Waals surface area contributed by atoms with Crippen LogP contribution in [-0.4, -0.2) is 9.13 Å². The van der Waals surface area contributed by atoms with Crippen LogP contribution in [0.4, 0.5) is 34.1 Å². The fourth-order valence-corrected chi connectivity index (χ4v) is 12.7. The van der Waals surface area contributed by atoms with Crippen LogP contribution in [0.15, 0.2) is 303 Å². The predicted octanol–water partition coefficient (Wildman–Crippen LogP) is 22.7. The minimum atomic E-state index is 1.08. The summed E-state index contributed by atoms with van der Waals surface area (Å²) in [6.07, 6.45) is 0. The first-order valence-electron chi connectivity index (χ1n) is 29.7. The average Bonchev–Trinajstić information content (AvgIpc) is 2.05. The Labute approximate surface area is 503 Å². The summed E-state index contributed by atoms with van der Waals surface area (Å²) < 4.78 is 4.92. The van der Waals surface area contributed by atoms with Crippen molar-refractivity contribution in [3.05, 3.63) is 326 Å². The molecule has 0 spiro atoms.